The Morgan fingerprint density at radius 1 is 0.966 bits per heavy atom. The number of carbonyl (C=O) groups excluding carboxylic acids is 1. The predicted octanol–water partition coefficient (Wildman–Crippen LogP) is 4.21. The van der Waals surface area contributed by atoms with Crippen LogP contribution in [0.15, 0.2) is 39.6 Å². The summed E-state index contributed by atoms with van der Waals surface area (Å²) in [6.07, 6.45) is 3.77. The third-order valence-corrected chi connectivity index (χ3v) is 5.33. The van der Waals surface area contributed by atoms with E-state index in [0.29, 0.717) is 44.9 Å². The summed E-state index contributed by atoms with van der Waals surface area (Å²) in [5.41, 5.74) is 1.37. The van der Waals surface area contributed by atoms with Gasteiger partial charge in [0.1, 0.15) is 16.9 Å². The Kier molecular flexibility index (Phi) is 3.47. The van der Waals surface area contributed by atoms with Crippen LogP contribution < -0.4 is 19.6 Å². The minimum atomic E-state index is -0.461. The number of hydrogen-bond donors (Lipinski definition) is 0. The molecule has 0 spiro atoms. The first kappa shape index (κ1) is 17.6. The molecule has 0 amide bonds. The van der Waals surface area contributed by atoms with Gasteiger partial charge in [0.2, 0.25) is 11.2 Å². The SMILES string of the molecule is COc1cc2c(cc1OC)-c1c(oc3c4c(ccc3c1=O)OC(C)(C)C=C4)C2=O. The summed E-state index contributed by atoms with van der Waals surface area (Å²) >= 11 is 0. The minimum absolute atomic E-state index is 0.0273. The fourth-order valence-corrected chi connectivity index (χ4v) is 3.91. The molecular formula is C23H18O6. The monoisotopic (exact) mass is 390 g/mol. The van der Waals surface area contributed by atoms with Gasteiger partial charge in [-0.2, -0.15) is 0 Å². The van der Waals surface area contributed by atoms with Crippen molar-refractivity contribution in [1.29, 1.82) is 0 Å². The largest absolute Gasteiger partial charge is 0.493 e. The molecule has 0 saturated carbocycles. The number of methoxy groups -OCH3 is 2. The molecule has 0 bridgehead atoms. The maximum absolute atomic E-state index is 13.3. The van der Waals surface area contributed by atoms with Gasteiger partial charge >= 0.3 is 0 Å². The van der Waals surface area contributed by atoms with Crippen LogP contribution in [-0.4, -0.2) is 25.6 Å². The van der Waals surface area contributed by atoms with Gasteiger partial charge in [0.15, 0.2) is 17.3 Å². The summed E-state index contributed by atoms with van der Waals surface area (Å²) in [6, 6.07) is 6.67. The van der Waals surface area contributed by atoms with Crippen LogP contribution in [0.4, 0.5) is 0 Å². The second kappa shape index (κ2) is 5.73. The lowest BCUT2D eigenvalue weighted by molar-refractivity contribution is 0.101. The molecule has 1 aliphatic carbocycles. The molecule has 0 fully saturated rings. The van der Waals surface area contributed by atoms with Crippen molar-refractivity contribution >= 4 is 22.8 Å². The van der Waals surface area contributed by atoms with Crippen molar-refractivity contribution in [2.24, 2.45) is 0 Å². The van der Waals surface area contributed by atoms with Gasteiger partial charge in [0.05, 0.1) is 30.7 Å². The maximum Gasteiger partial charge on any atom is 0.229 e. The second-order valence-electron chi connectivity index (χ2n) is 7.61. The molecule has 0 unspecified atom stereocenters. The quantitative estimate of drug-likeness (QED) is 0.511. The summed E-state index contributed by atoms with van der Waals surface area (Å²) in [5, 5.41) is 0.394. The summed E-state index contributed by atoms with van der Waals surface area (Å²) in [4.78, 5) is 26.4. The van der Waals surface area contributed by atoms with Gasteiger partial charge in [-0.05, 0) is 50.3 Å². The summed E-state index contributed by atoms with van der Waals surface area (Å²) in [6.45, 7) is 3.88. The highest BCUT2D eigenvalue weighted by atomic mass is 16.5. The van der Waals surface area contributed by atoms with Gasteiger partial charge in [-0.15, -0.1) is 0 Å². The van der Waals surface area contributed by atoms with E-state index in [1.54, 1.807) is 24.3 Å². The average Bonchev–Trinajstić information content (AvgIpc) is 2.97. The zero-order chi connectivity index (χ0) is 20.5. The van der Waals surface area contributed by atoms with Crippen molar-refractivity contribution in [2.45, 2.75) is 19.4 Å². The lowest BCUT2D eigenvalue weighted by Crippen LogP contribution is -2.27. The van der Waals surface area contributed by atoms with Gasteiger partial charge in [0.25, 0.3) is 0 Å². The molecule has 146 valence electrons. The molecule has 1 aliphatic heterocycles. The average molecular weight is 390 g/mol. The van der Waals surface area contributed by atoms with Crippen molar-refractivity contribution in [3.63, 3.8) is 0 Å². The summed E-state index contributed by atoms with van der Waals surface area (Å²) < 4.78 is 22.6. The Bertz CT molecular complexity index is 1310. The summed E-state index contributed by atoms with van der Waals surface area (Å²) in [7, 11) is 3.00. The number of ether oxygens (including phenoxy) is 3. The van der Waals surface area contributed by atoms with Crippen LogP contribution in [0, 0.1) is 0 Å². The van der Waals surface area contributed by atoms with Gasteiger partial charge in [-0.25, -0.2) is 0 Å². The molecular weight excluding hydrogens is 372 g/mol. The molecule has 2 aliphatic rings. The van der Waals surface area contributed by atoms with Crippen LogP contribution in [0.1, 0.15) is 35.5 Å². The van der Waals surface area contributed by atoms with E-state index in [-0.39, 0.29) is 22.5 Å². The van der Waals surface area contributed by atoms with E-state index in [1.807, 2.05) is 26.0 Å². The van der Waals surface area contributed by atoms with Gasteiger partial charge in [0, 0.05) is 11.1 Å². The van der Waals surface area contributed by atoms with E-state index in [2.05, 4.69) is 0 Å². The number of hydrogen-bond acceptors (Lipinski definition) is 6. The Balaban J connectivity index is 1.82. The molecule has 2 aromatic carbocycles. The first-order chi connectivity index (χ1) is 13.8. The normalized spacial score (nSPS) is 15.5. The molecule has 2 heterocycles. The van der Waals surface area contributed by atoms with Crippen molar-refractivity contribution in [1.82, 2.24) is 0 Å². The first-order valence-corrected chi connectivity index (χ1v) is 9.18. The predicted molar refractivity (Wildman–Crippen MR) is 108 cm³/mol. The van der Waals surface area contributed by atoms with Crippen LogP contribution in [0.5, 0.6) is 17.2 Å². The topological polar surface area (TPSA) is 75.0 Å². The Morgan fingerprint density at radius 2 is 1.66 bits per heavy atom. The Morgan fingerprint density at radius 3 is 2.34 bits per heavy atom. The zero-order valence-electron chi connectivity index (χ0n) is 16.4. The zero-order valence-corrected chi connectivity index (χ0v) is 16.4. The molecule has 6 heteroatoms. The van der Waals surface area contributed by atoms with E-state index in [9.17, 15) is 9.59 Å². The van der Waals surface area contributed by atoms with E-state index in [4.69, 9.17) is 18.6 Å². The van der Waals surface area contributed by atoms with Crippen LogP contribution in [0.25, 0.3) is 28.2 Å². The Labute approximate surface area is 166 Å². The second-order valence-corrected chi connectivity index (χ2v) is 7.61. The van der Waals surface area contributed by atoms with Gasteiger partial charge in [-0.1, -0.05) is 0 Å². The number of rotatable bonds is 2. The maximum atomic E-state index is 13.3. The van der Waals surface area contributed by atoms with Crippen LogP contribution in [0.3, 0.4) is 0 Å². The lowest BCUT2D eigenvalue weighted by atomic mass is 9.99. The highest BCUT2D eigenvalue weighted by Crippen LogP contribution is 2.43. The molecule has 1 aromatic heterocycles. The third-order valence-electron chi connectivity index (χ3n) is 5.33. The van der Waals surface area contributed by atoms with Crippen molar-refractivity contribution in [3.8, 4) is 28.4 Å². The number of carbonyl (C=O) groups is 1. The minimum Gasteiger partial charge on any atom is -0.493 e. The summed E-state index contributed by atoms with van der Waals surface area (Å²) in [5.74, 6) is 1.14. The van der Waals surface area contributed by atoms with Gasteiger partial charge in [-0.3, -0.25) is 9.59 Å². The van der Waals surface area contributed by atoms with E-state index < -0.39 is 5.60 Å². The standard InChI is InChI=1S/C23H18O6/c1-23(2)8-7-11-15(29-23)6-5-12-19(24)18-13-9-16(26-3)17(27-4)10-14(13)20(25)22(18)28-21(11)12/h5-10H,1-4H3. The number of ketones is 1. The molecule has 0 N–H and O–H groups in total. The lowest BCUT2D eigenvalue weighted by Gasteiger charge is -2.28. The first-order valence-electron chi connectivity index (χ1n) is 9.18. The smallest absolute Gasteiger partial charge is 0.229 e. The fourth-order valence-electron chi connectivity index (χ4n) is 3.91. The fraction of sp³-hybridized carbons (Fsp3) is 0.217. The molecule has 5 rings (SSSR count). The van der Waals surface area contributed by atoms with Crippen LogP contribution in [0.2, 0.25) is 0 Å². The highest BCUT2D eigenvalue weighted by molar-refractivity contribution is 6.21. The molecule has 29 heavy (non-hydrogen) atoms. The molecule has 6 nitrogen and oxygen atoms in total. The Hall–Kier alpha value is -3.54. The van der Waals surface area contributed by atoms with E-state index in [0.717, 1.165) is 0 Å². The number of benzene rings is 2. The van der Waals surface area contributed by atoms with E-state index >= 15 is 0 Å². The highest BCUT2D eigenvalue weighted by Gasteiger charge is 2.35. The van der Waals surface area contributed by atoms with Crippen LogP contribution >= 0.6 is 0 Å². The molecule has 0 saturated heterocycles. The molecule has 0 atom stereocenters. The molecule has 0 radical (unpaired) electrons. The molecule has 3 aromatic rings. The van der Waals surface area contributed by atoms with Gasteiger partial charge < -0.3 is 18.6 Å². The van der Waals surface area contributed by atoms with E-state index in [1.165, 1.54) is 14.2 Å². The third kappa shape index (κ3) is 2.35. The van der Waals surface area contributed by atoms with Crippen molar-refractivity contribution in [2.75, 3.05) is 14.2 Å². The van der Waals surface area contributed by atoms with Crippen molar-refractivity contribution in [3.05, 3.63) is 57.5 Å². The van der Waals surface area contributed by atoms with Crippen molar-refractivity contribution < 1.29 is 23.4 Å². The van der Waals surface area contributed by atoms with Crippen LogP contribution in [-0.2, 0) is 0 Å². The number of fused-ring (bicyclic) bond motifs is 6.